The lowest BCUT2D eigenvalue weighted by atomic mass is 10.1. The van der Waals surface area contributed by atoms with Crippen molar-refractivity contribution >= 4 is 28.3 Å². The van der Waals surface area contributed by atoms with Crippen LogP contribution < -0.4 is 15.8 Å². The highest BCUT2D eigenvalue weighted by molar-refractivity contribution is 7.17. The summed E-state index contributed by atoms with van der Waals surface area (Å²) in [4.78, 5) is 32.0. The lowest BCUT2D eigenvalue weighted by Gasteiger charge is -2.25. The highest BCUT2D eigenvalue weighted by atomic mass is 32.1. The average Bonchev–Trinajstić information content (AvgIpc) is 3.42. The Hall–Kier alpha value is -3.24. The van der Waals surface area contributed by atoms with E-state index in [1.54, 1.807) is 29.9 Å². The predicted octanol–water partition coefficient (Wildman–Crippen LogP) is 1.61. The summed E-state index contributed by atoms with van der Waals surface area (Å²) in [5.74, 6) is -0.766. The van der Waals surface area contributed by atoms with Crippen molar-refractivity contribution in [3.63, 3.8) is 0 Å². The topological polar surface area (TPSA) is 101 Å². The molecular formula is C20H22N6O3S. The largest absolute Gasteiger partial charge is 0.378 e. The van der Waals surface area contributed by atoms with Gasteiger partial charge in [0.15, 0.2) is 5.13 Å². The number of hydrogen-bond acceptors (Lipinski definition) is 7. The molecule has 2 aromatic heterocycles. The summed E-state index contributed by atoms with van der Waals surface area (Å²) in [5.41, 5.74) is 7.06. The van der Waals surface area contributed by atoms with Crippen LogP contribution in [0.1, 0.15) is 31.3 Å². The van der Waals surface area contributed by atoms with Gasteiger partial charge in [0.25, 0.3) is 11.8 Å². The Morgan fingerprint density at radius 2 is 1.87 bits per heavy atom. The van der Waals surface area contributed by atoms with Gasteiger partial charge >= 0.3 is 0 Å². The molecule has 156 valence electrons. The van der Waals surface area contributed by atoms with Crippen molar-refractivity contribution in [2.75, 3.05) is 31.2 Å². The van der Waals surface area contributed by atoms with Gasteiger partial charge in [-0.05, 0) is 30.7 Å². The van der Waals surface area contributed by atoms with Crippen molar-refractivity contribution in [1.29, 1.82) is 0 Å². The zero-order valence-electron chi connectivity index (χ0n) is 16.5. The maximum Gasteiger partial charge on any atom is 0.281 e. The molecule has 2 amide bonds. The molecule has 3 aromatic rings. The fraction of sp³-hybridized carbons (Fsp3) is 0.300. The first-order valence-electron chi connectivity index (χ1n) is 9.57. The van der Waals surface area contributed by atoms with Gasteiger partial charge in [0.05, 0.1) is 25.5 Å². The SMILES string of the molecule is Cc1nc(N2CCOCC2)sc1C(=O)NNC(=O)c1ccc(Cn2cccn2)cc1. The lowest BCUT2D eigenvalue weighted by molar-refractivity contribution is 0.0848. The second kappa shape index (κ2) is 9.06. The number of aryl methyl sites for hydroxylation is 1. The lowest BCUT2D eigenvalue weighted by Crippen LogP contribution is -2.41. The molecule has 4 rings (SSSR count). The second-order valence-electron chi connectivity index (χ2n) is 6.82. The number of benzene rings is 1. The van der Waals surface area contributed by atoms with Crippen LogP contribution in [-0.2, 0) is 11.3 Å². The molecule has 0 unspecified atom stereocenters. The van der Waals surface area contributed by atoms with Crippen molar-refractivity contribution < 1.29 is 14.3 Å². The van der Waals surface area contributed by atoms with Crippen molar-refractivity contribution in [3.05, 3.63) is 64.4 Å². The fourth-order valence-corrected chi connectivity index (χ4v) is 4.08. The Bertz CT molecular complexity index is 1010. The molecule has 1 fully saturated rings. The number of hydrogen-bond donors (Lipinski definition) is 2. The Labute approximate surface area is 177 Å². The fourth-order valence-electron chi connectivity index (χ4n) is 3.07. The van der Waals surface area contributed by atoms with Gasteiger partial charge in [-0.15, -0.1) is 0 Å². The van der Waals surface area contributed by atoms with E-state index in [4.69, 9.17) is 4.74 Å². The minimum absolute atomic E-state index is 0.381. The van der Waals surface area contributed by atoms with Crippen molar-refractivity contribution in [2.24, 2.45) is 0 Å². The number of amides is 2. The van der Waals surface area contributed by atoms with Crippen LogP contribution in [0, 0.1) is 6.92 Å². The smallest absolute Gasteiger partial charge is 0.281 e. The first kappa shape index (κ1) is 20.0. The third kappa shape index (κ3) is 4.66. The summed E-state index contributed by atoms with van der Waals surface area (Å²) in [5, 5.41) is 4.95. The Morgan fingerprint density at radius 3 is 2.57 bits per heavy atom. The number of morpholine rings is 1. The van der Waals surface area contributed by atoms with Crippen LogP contribution in [0.25, 0.3) is 0 Å². The molecule has 0 radical (unpaired) electrons. The molecule has 0 spiro atoms. The molecule has 0 aliphatic carbocycles. The average molecular weight is 427 g/mol. The van der Waals surface area contributed by atoms with E-state index in [0.717, 1.165) is 23.8 Å². The summed E-state index contributed by atoms with van der Waals surface area (Å²) in [6.07, 6.45) is 3.60. The van der Waals surface area contributed by atoms with E-state index in [9.17, 15) is 9.59 Å². The second-order valence-corrected chi connectivity index (χ2v) is 7.80. The number of nitrogens with zero attached hydrogens (tertiary/aromatic N) is 4. The van der Waals surface area contributed by atoms with Gasteiger partial charge in [0, 0.05) is 31.0 Å². The van der Waals surface area contributed by atoms with Crippen LogP contribution in [0.4, 0.5) is 5.13 Å². The molecule has 0 atom stereocenters. The van der Waals surface area contributed by atoms with Crippen LogP contribution in [0.2, 0.25) is 0 Å². The van der Waals surface area contributed by atoms with Gasteiger partial charge in [-0.25, -0.2) is 4.98 Å². The van der Waals surface area contributed by atoms with E-state index < -0.39 is 0 Å². The Morgan fingerprint density at radius 1 is 1.13 bits per heavy atom. The summed E-state index contributed by atoms with van der Waals surface area (Å²) in [6, 6.07) is 9.02. The van der Waals surface area contributed by atoms with Crippen molar-refractivity contribution in [1.82, 2.24) is 25.6 Å². The summed E-state index contributed by atoms with van der Waals surface area (Å²) in [6.45, 7) is 5.22. The maximum absolute atomic E-state index is 12.5. The van der Waals surface area contributed by atoms with E-state index >= 15 is 0 Å². The Balaban J connectivity index is 1.33. The quantitative estimate of drug-likeness (QED) is 0.601. The molecule has 1 saturated heterocycles. The van der Waals surface area contributed by atoms with Crippen molar-refractivity contribution in [3.8, 4) is 0 Å². The van der Waals surface area contributed by atoms with Gasteiger partial charge in [-0.1, -0.05) is 23.5 Å². The molecule has 10 heteroatoms. The monoisotopic (exact) mass is 426 g/mol. The molecule has 0 bridgehead atoms. The summed E-state index contributed by atoms with van der Waals surface area (Å²) >= 11 is 1.31. The van der Waals surface area contributed by atoms with Crippen LogP contribution in [-0.4, -0.2) is 52.9 Å². The minimum Gasteiger partial charge on any atom is -0.378 e. The molecular weight excluding hydrogens is 404 g/mol. The summed E-state index contributed by atoms with van der Waals surface area (Å²) in [7, 11) is 0. The molecule has 9 nitrogen and oxygen atoms in total. The van der Waals surface area contributed by atoms with Crippen LogP contribution in [0.15, 0.2) is 42.7 Å². The third-order valence-corrected chi connectivity index (χ3v) is 5.90. The number of aromatic nitrogens is 3. The summed E-state index contributed by atoms with van der Waals surface area (Å²) < 4.78 is 7.15. The molecule has 1 aromatic carbocycles. The van der Waals surface area contributed by atoms with Crippen LogP contribution in [0.3, 0.4) is 0 Å². The predicted molar refractivity (Wildman–Crippen MR) is 113 cm³/mol. The van der Waals surface area contributed by atoms with E-state index in [0.29, 0.717) is 35.9 Å². The highest BCUT2D eigenvalue weighted by Gasteiger charge is 2.21. The number of thiazole rings is 1. The van der Waals surface area contributed by atoms with Gasteiger partial charge < -0.3 is 9.64 Å². The van der Waals surface area contributed by atoms with Gasteiger partial charge in [0.1, 0.15) is 4.88 Å². The molecule has 30 heavy (non-hydrogen) atoms. The Kier molecular flexibility index (Phi) is 6.05. The van der Waals surface area contributed by atoms with E-state index in [2.05, 4.69) is 25.8 Å². The van der Waals surface area contributed by atoms with Crippen LogP contribution >= 0.6 is 11.3 Å². The maximum atomic E-state index is 12.5. The van der Waals surface area contributed by atoms with E-state index in [1.165, 1.54) is 11.3 Å². The van der Waals surface area contributed by atoms with Crippen LogP contribution in [0.5, 0.6) is 0 Å². The zero-order chi connectivity index (χ0) is 20.9. The molecule has 1 aliphatic rings. The number of rotatable bonds is 5. The normalized spacial score (nSPS) is 13.8. The van der Waals surface area contributed by atoms with Crippen molar-refractivity contribution in [2.45, 2.75) is 13.5 Å². The number of nitrogens with one attached hydrogen (secondary N) is 2. The number of hydrazine groups is 1. The number of carbonyl (C=O) groups excluding carboxylic acids is 2. The van der Waals surface area contributed by atoms with Gasteiger partial charge in [-0.3, -0.25) is 25.1 Å². The van der Waals surface area contributed by atoms with E-state index in [1.807, 2.05) is 24.4 Å². The van der Waals surface area contributed by atoms with Gasteiger partial charge in [0.2, 0.25) is 0 Å². The zero-order valence-corrected chi connectivity index (χ0v) is 17.3. The van der Waals surface area contributed by atoms with E-state index in [-0.39, 0.29) is 11.8 Å². The number of anilines is 1. The molecule has 0 saturated carbocycles. The third-order valence-electron chi connectivity index (χ3n) is 4.68. The molecule has 1 aliphatic heterocycles. The first-order chi connectivity index (χ1) is 14.6. The molecule has 3 heterocycles. The number of ether oxygens (including phenoxy) is 1. The molecule has 2 N–H and O–H groups in total. The number of carbonyl (C=O) groups is 2. The minimum atomic E-state index is -0.385. The standard InChI is InChI=1S/C20H22N6O3S/c1-14-17(30-20(22-14)25-9-11-29-12-10-25)19(28)24-23-18(27)16-5-3-15(4-6-16)13-26-8-2-7-21-26/h2-8H,9-13H2,1H3,(H,23,27)(H,24,28). The van der Waals surface area contributed by atoms with Gasteiger partial charge in [-0.2, -0.15) is 5.10 Å². The highest BCUT2D eigenvalue weighted by Crippen LogP contribution is 2.26. The first-order valence-corrected chi connectivity index (χ1v) is 10.4.